The summed E-state index contributed by atoms with van der Waals surface area (Å²) in [4.78, 5) is 61.3. The molecule has 2 heterocycles. The SMILES string of the molecule is CC(C)C(OP(=O)(O)OP(=O)(O)OP(=O)(O)O)[C@H]1O[C@@H](n2ccc(=O)[nH]c2=O)C[C@@H]1O. The van der Waals surface area contributed by atoms with Gasteiger partial charge in [-0.2, -0.15) is 8.62 Å². The fraction of sp³-hybridized carbons (Fsp3) is 0.667. The van der Waals surface area contributed by atoms with Crippen LogP contribution in [-0.4, -0.2) is 52.5 Å². The lowest BCUT2D eigenvalue weighted by molar-refractivity contribution is -0.0933. The Morgan fingerprint density at radius 1 is 1.13 bits per heavy atom. The van der Waals surface area contributed by atoms with E-state index in [0.717, 1.165) is 16.8 Å². The van der Waals surface area contributed by atoms with Crippen LogP contribution in [0.4, 0.5) is 0 Å². The van der Waals surface area contributed by atoms with E-state index in [0.29, 0.717) is 0 Å². The number of hydrogen-bond acceptors (Lipinski definition) is 10. The molecule has 1 saturated heterocycles. The van der Waals surface area contributed by atoms with E-state index in [9.17, 15) is 38.2 Å². The number of phosphoric acid groups is 3. The van der Waals surface area contributed by atoms with Crippen LogP contribution >= 0.6 is 23.5 Å². The van der Waals surface area contributed by atoms with Gasteiger partial charge in [-0.1, -0.05) is 13.8 Å². The standard InChI is InChI=1S/C12H21N2O14P3/c1-6(2)10(26-30(21,22)28-31(23,24)27-29(18,19)20)11-7(15)5-9(25-11)14-4-3-8(16)13-12(14)17/h3-4,6-7,9-11,15H,5H2,1-2H3,(H,21,22)(H,23,24)(H,13,16,17)(H2,18,19,20)/t7-,9+,10?,11-/m0/s1. The molecule has 31 heavy (non-hydrogen) atoms. The number of aromatic amines is 1. The van der Waals surface area contributed by atoms with E-state index in [4.69, 9.17) is 19.0 Å². The second-order valence-corrected chi connectivity index (χ2v) is 11.2. The zero-order valence-corrected chi connectivity index (χ0v) is 18.6. The highest BCUT2D eigenvalue weighted by Gasteiger charge is 2.47. The lowest BCUT2D eigenvalue weighted by Crippen LogP contribution is -2.40. The summed E-state index contributed by atoms with van der Waals surface area (Å²) in [7, 11) is -16.8. The number of rotatable bonds is 9. The number of aromatic nitrogens is 2. The van der Waals surface area contributed by atoms with Crippen LogP contribution in [0.25, 0.3) is 0 Å². The number of nitrogens with zero attached hydrogens (tertiary/aromatic N) is 1. The van der Waals surface area contributed by atoms with Crippen molar-refractivity contribution < 1.29 is 56.3 Å². The van der Waals surface area contributed by atoms with Gasteiger partial charge in [0.15, 0.2) is 0 Å². The smallest absolute Gasteiger partial charge is 0.390 e. The Balaban J connectivity index is 2.20. The summed E-state index contributed by atoms with van der Waals surface area (Å²) in [6.07, 6.45) is -4.29. The normalized spacial score (nSPS) is 27.0. The van der Waals surface area contributed by atoms with Gasteiger partial charge < -0.3 is 29.4 Å². The van der Waals surface area contributed by atoms with Crippen molar-refractivity contribution in [2.45, 2.75) is 44.8 Å². The number of aliphatic hydroxyl groups is 1. The van der Waals surface area contributed by atoms with Gasteiger partial charge in [-0.05, 0) is 5.92 Å². The molecule has 16 nitrogen and oxygen atoms in total. The van der Waals surface area contributed by atoms with Gasteiger partial charge >= 0.3 is 29.2 Å². The van der Waals surface area contributed by atoms with Crippen molar-refractivity contribution in [1.29, 1.82) is 0 Å². The van der Waals surface area contributed by atoms with Crippen molar-refractivity contribution in [3.05, 3.63) is 33.1 Å². The van der Waals surface area contributed by atoms with E-state index in [1.165, 1.54) is 13.8 Å². The van der Waals surface area contributed by atoms with Crippen molar-refractivity contribution in [2.75, 3.05) is 0 Å². The average Bonchev–Trinajstić information content (AvgIpc) is 2.90. The molecule has 0 aliphatic carbocycles. The highest BCUT2D eigenvalue weighted by molar-refractivity contribution is 7.66. The second kappa shape index (κ2) is 9.48. The van der Waals surface area contributed by atoms with Crippen LogP contribution in [0.15, 0.2) is 21.9 Å². The first kappa shape index (κ1) is 26.3. The maximum absolute atomic E-state index is 12.2. The molecule has 0 saturated carbocycles. The van der Waals surface area contributed by atoms with Crippen molar-refractivity contribution in [3.8, 4) is 0 Å². The Kier molecular flexibility index (Phi) is 8.03. The Bertz CT molecular complexity index is 1050. The van der Waals surface area contributed by atoms with Crippen molar-refractivity contribution in [3.63, 3.8) is 0 Å². The Morgan fingerprint density at radius 3 is 2.26 bits per heavy atom. The van der Waals surface area contributed by atoms with Crippen molar-refractivity contribution in [1.82, 2.24) is 9.55 Å². The predicted octanol–water partition coefficient (Wildman–Crippen LogP) is -0.447. The first-order chi connectivity index (χ1) is 14.0. The molecule has 0 aromatic carbocycles. The zero-order chi connectivity index (χ0) is 23.8. The van der Waals surface area contributed by atoms with E-state index in [1.54, 1.807) is 0 Å². The van der Waals surface area contributed by atoms with Crippen LogP contribution in [0.3, 0.4) is 0 Å². The van der Waals surface area contributed by atoms with E-state index in [2.05, 4.69) is 8.62 Å². The van der Waals surface area contributed by atoms with Crippen LogP contribution in [0.2, 0.25) is 0 Å². The summed E-state index contributed by atoms with van der Waals surface area (Å²) < 4.78 is 53.0. The van der Waals surface area contributed by atoms with Crippen LogP contribution in [0.1, 0.15) is 26.5 Å². The van der Waals surface area contributed by atoms with Gasteiger partial charge in [0.2, 0.25) is 0 Å². The highest BCUT2D eigenvalue weighted by Crippen LogP contribution is 2.67. The molecule has 0 amide bonds. The van der Waals surface area contributed by atoms with E-state index < -0.39 is 65.2 Å². The summed E-state index contributed by atoms with van der Waals surface area (Å²) in [5.41, 5.74) is -1.50. The number of H-pyrrole nitrogens is 1. The molecule has 2 rings (SSSR count). The number of phosphoric ester groups is 1. The maximum Gasteiger partial charge on any atom is 0.490 e. The molecule has 19 heteroatoms. The number of nitrogens with one attached hydrogen (secondary N) is 1. The van der Waals surface area contributed by atoms with Gasteiger partial charge in [0, 0.05) is 18.7 Å². The van der Waals surface area contributed by atoms with Crippen molar-refractivity contribution in [2.24, 2.45) is 5.92 Å². The Hall–Kier alpha value is -0.990. The highest BCUT2D eigenvalue weighted by atomic mass is 31.3. The molecular formula is C12H21N2O14P3. The minimum atomic E-state index is -5.72. The third kappa shape index (κ3) is 7.53. The molecule has 0 bridgehead atoms. The Labute approximate surface area is 173 Å². The van der Waals surface area contributed by atoms with Gasteiger partial charge in [-0.3, -0.25) is 18.9 Å². The third-order valence-corrected chi connectivity index (χ3v) is 7.79. The number of hydrogen-bond donors (Lipinski definition) is 6. The predicted molar refractivity (Wildman–Crippen MR) is 99.4 cm³/mol. The largest absolute Gasteiger partial charge is 0.490 e. The first-order valence-electron chi connectivity index (χ1n) is 8.47. The van der Waals surface area contributed by atoms with Crippen molar-refractivity contribution >= 4 is 23.5 Å². The monoisotopic (exact) mass is 510 g/mol. The van der Waals surface area contributed by atoms with Gasteiger partial charge in [0.05, 0.1) is 6.10 Å². The van der Waals surface area contributed by atoms with Gasteiger partial charge in [0.25, 0.3) is 5.56 Å². The lowest BCUT2D eigenvalue weighted by Gasteiger charge is -2.30. The molecule has 1 aliphatic rings. The molecule has 6 atom stereocenters. The molecule has 178 valence electrons. The third-order valence-electron chi connectivity index (χ3n) is 3.95. The quantitative estimate of drug-likeness (QED) is 0.231. The minimum Gasteiger partial charge on any atom is -0.390 e. The van der Waals surface area contributed by atoms with Gasteiger partial charge in [0.1, 0.15) is 18.4 Å². The van der Waals surface area contributed by atoms with E-state index in [1.807, 2.05) is 4.98 Å². The fourth-order valence-electron chi connectivity index (χ4n) is 2.81. The summed E-state index contributed by atoms with van der Waals surface area (Å²) in [5, 5.41) is 10.3. The topological polar surface area (TPSA) is 244 Å². The summed E-state index contributed by atoms with van der Waals surface area (Å²) in [5.74, 6) is -0.671. The lowest BCUT2D eigenvalue weighted by atomic mass is 9.98. The van der Waals surface area contributed by atoms with E-state index >= 15 is 0 Å². The van der Waals surface area contributed by atoms with Crippen LogP contribution in [0.5, 0.6) is 0 Å². The average molecular weight is 510 g/mol. The summed E-state index contributed by atoms with van der Waals surface area (Å²) >= 11 is 0. The first-order valence-corrected chi connectivity index (χ1v) is 13.0. The maximum atomic E-state index is 12.2. The second-order valence-electron chi connectivity index (χ2n) is 6.78. The van der Waals surface area contributed by atoms with Crippen LogP contribution < -0.4 is 11.2 Å². The Morgan fingerprint density at radius 2 is 1.74 bits per heavy atom. The summed E-state index contributed by atoms with van der Waals surface area (Å²) in [6, 6.07) is 1.04. The zero-order valence-electron chi connectivity index (χ0n) is 15.9. The number of aliphatic hydroxyl groups excluding tert-OH is 1. The molecule has 6 N–H and O–H groups in total. The molecule has 3 unspecified atom stereocenters. The van der Waals surface area contributed by atoms with Gasteiger partial charge in [-0.25, -0.2) is 18.5 Å². The fourth-order valence-corrected chi connectivity index (χ4v) is 6.14. The molecule has 1 aliphatic heterocycles. The van der Waals surface area contributed by atoms with Crippen LogP contribution in [-0.2, 0) is 31.6 Å². The molecule has 1 aromatic rings. The van der Waals surface area contributed by atoms with E-state index in [-0.39, 0.29) is 6.42 Å². The molecule has 1 aromatic heterocycles. The summed E-state index contributed by atoms with van der Waals surface area (Å²) in [6.45, 7) is 2.95. The molecule has 0 spiro atoms. The van der Waals surface area contributed by atoms with Gasteiger partial charge in [-0.15, -0.1) is 0 Å². The minimum absolute atomic E-state index is 0.181. The molecule has 0 radical (unpaired) electrons. The molecular weight excluding hydrogens is 489 g/mol. The number of ether oxygens (including phenoxy) is 1. The van der Waals surface area contributed by atoms with Crippen LogP contribution in [0, 0.1) is 5.92 Å². The molecule has 1 fully saturated rings.